The molecule has 1 saturated carbocycles. The molecule has 4 rings (SSSR count). The van der Waals surface area contributed by atoms with Crippen LogP contribution in [0.2, 0.25) is 0 Å². The number of hydrogen-bond donors (Lipinski definition) is 0. The predicted octanol–water partition coefficient (Wildman–Crippen LogP) is 4.64. The third-order valence-electron chi connectivity index (χ3n) is 5.12. The van der Waals surface area contributed by atoms with E-state index in [-0.39, 0.29) is 29.9 Å². The molecule has 0 unspecified atom stereocenters. The number of carbonyl (C=O) groups excluding carboxylic acids is 2. The van der Waals surface area contributed by atoms with Crippen LogP contribution in [0.3, 0.4) is 0 Å². The summed E-state index contributed by atoms with van der Waals surface area (Å²) in [6, 6.07) is 7.39. The van der Waals surface area contributed by atoms with E-state index in [1.54, 1.807) is 11.1 Å². The fourth-order valence-electron chi connectivity index (χ4n) is 4.16. The fourth-order valence-corrected chi connectivity index (χ4v) is 4.65. The minimum Gasteiger partial charge on any atom is -0.444 e. The highest BCUT2D eigenvalue weighted by molar-refractivity contribution is 9.10. The summed E-state index contributed by atoms with van der Waals surface area (Å²) in [6.07, 6.45) is 2.48. The van der Waals surface area contributed by atoms with Crippen LogP contribution in [0.4, 0.5) is 4.79 Å². The van der Waals surface area contributed by atoms with Gasteiger partial charge in [0.1, 0.15) is 11.4 Å². The monoisotopic (exact) mass is 416 g/mol. The Morgan fingerprint density at radius 1 is 1.27 bits per heavy atom. The fraction of sp³-hybridized carbons (Fsp3) is 0.450. The van der Waals surface area contributed by atoms with Crippen LogP contribution in [-0.2, 0) is 9.53 Å². The first kappa shape index (κ1) is 17.5. The van der Waals surface area contributed by atoms with Crippen LogP contribution in [0.25, 0.3) is 10.8 Å². The number of nitrogens with zero attached hydrogens (tertiary/aromatic N) is 2. The highest BCUT2D eigenvalue weighted by atomic mass is 79.9. The van der Waals surface area contributed by atoms with E-state index >= 15 is 0 Å². The molecule has 2 aromatic rings. The number of amides is 1. The molecule has 0 N–H and O–H groups in total. The average Bonchev–Trinajstić information content (AvgIpc) is 3.10. The molecule has 2 aliphatic rings. The van der Waals surface area contributed by atoms with Crippen LogP contribution < -0.4 is 0 Å². The maximum absolute atomic E-state index is 12.9. The Hall–Kier alpha value is -1.95. The summed E-state index contributed by atoms with van der Waals surface area (Å²) in [4.78, 5) is 31.7. The minimum absolute atomic E-state index is 0.100. The molecule has 1 aromatic heterocycles. The average molecular weight is 417 g/mol. The molecule has 2 bridgehead atoms. The molecule has 1 amide bonds. The van der Waals surface area contributed by atoms with Crippen LogP contribution in [0.1, 0.15) is 45.3 Å². The number of hydrogen-bond acceptors (Lipinski definition) is 4. The Morgan fingerprint density at radius 3 is 2.77 bits per heavy atom. The molecule has 26 heavy (non-hydrogen) atoms. The molecular weight excluding hydrogens is 396 g/mol. The zero-order chi connectivity index (χ0) is 18.6. The number of benzene rings is 1. The minimum atomic E-state index is -0.581. The van der Waals surface area contributed by atoms with Gasteiger partial charge in [-0.3, -0.25) is 14.7 Å². The third-order valence-corrected chi connectivity index (χ3v) is 5.81. The Balaban J connectivity index is 1.82. The molecule has 6 heteroatoms. The smallest absolute Gasteiger partial charge is 0.411 e. The molecule has 2 fully saturated rings. The second-order valence-corrected chi connectivity index (χ2v) is 8.88. The van der Waals surface area contributed by atoms with E-state index in [2.05, 4.69) is 20.9 Å². The van der Waals surface area contributed by atoms with Crippen molar-refractivity contribution in [2.75, 3.05) is 0 Å². The molecule has 0 radical (unpaired) electrons. The normalized spacial score (nSPS) is 25.2. The van der Waals surface area contributed by atoms with E-state index in [0.717, 1.165) is 20.9 Å². The lowest BCUT2D eigenvalue weighted by Crippen LogP contribution is -2.45. The van der Waals surface area contributed by atoms with Gasteiger partial charge in [-0.1, -0.05) is 28.1 Å². The van der Waals surface area contributed by atoms with Gasteiger partial charge in [0.25, 0.3) is 0 Å². The van der Waals surface area contributed by atoms with Gasteiger partial charge >= 0.3 is 6.09 Å². The maximum Gasteiger partial charge on any atom is 0.411 e. The number of halogens is 1. The first-order valence-corrected chi connectivity index (χ1v) is 9.63. The van der Waals surface area contributed by atoms with Gasteiger partial charge in [0.15, 0.2) is 0 Å². The van der Waals surface area contributed by atoms with Gasteiger partial charge in [-0.05, 0) is 44.7 Å². The van der Waals surface area contributed by atoms with E-state index in [1.807, 2.05) is 45.0 Å². The number of piperidine rings is 1. The number of carbonyl (C=O) groups is 2. The number of pyridine rings is 1. The first-order chi connectivity index (χ1) is 12.3. The zero-order valence-electron chi connectivity index (χ0n) is 15.0. The molecule has 1 aliphatic carbocycles. The Morgan fingerprint density at radius 2 is 2.04 bits per heavy atom. The molecule has 0 spiro atoms. The van der Waals surface area contributed by atoms with Crippen molar-refractivity contribution < 1.29 is 14.3 Å². The van der Waals surface area contributed by atoms with Crippen LogP contribution in [0, 0.1) is 5.92 Å². The van der Waals surface area contributed by atoms with Crippen LogP contribution >= 0.6 is 15.9 Å². The number of fused-ring (bicyclic) bond motifs is 3. The maximum atomic E-state index is 12.9. The topological polar surface area (TPSA) is 59.5 Å². The van der Waals surface area contributed by atoms with Crippen molar-refractivity contribution in [3.05, 3.63) is 40.6 Å². The third kappa shape index (κ3) is 2.80. The summed E-state index contributed by atoms with van der Waals surface area (Å²) >= 11 is 3.58. The molecule has 1 saturated heterocycles. The van der Waals surface area contributed by atoms with Gasteiger partial charge in [0.05, 0.1) is 11.7 Å². The number of likely N-dealkylation sites (tertiary alicyclic amines) is 1. The predicted molar refractivity (Wildman–Crippen MR) is 102 cm³/mol. The number of rotatable bonds is 1. The molecule has 5 nitrogen and oxygen atoms in total. The van der Waals surface area contributed by atoms with Crippen LogP contribution in [-0.4, -0.2) is 33.4 Å². The van der Waals surface area contributed by atoms with Gasteiger partial charge in [0, 0.05) is 34.4 Å². The largest absolute Gasteiger partial charge is 0.444 e. The molecule has 2 heterocycles. The summed E-state index contributed by atoms with van der Waals surface area (Å²) in [6.45, 7) is 5.56. The SMILES string of the molecule is CC(C)(C)OC(=O)N1[C@H]2CC(=O)[C@H](C2)[C@H]1c1nccc2c(Br)cccc12. The zero-order valence-corrected chi connectivity index (χ0v) is 16.6. The second kappa shape index (κ2) is 6.05. The Bertz CT molecular complexity index is 906. The number of ketones is 1. The molecule has 1 aromatic carbocycles. The van der Waals surface area contributed by atoms with E-state index in [4.69, 9.17) is 4.74 Å². The van der Waals surface area contributed by atoms with Gasteiger partial charge < -0.3 is 4.74 Å². The highest BCUT2D eigenvalue weighted by Gasteiger charge is 2.55. The Labute approximate surface area is 160 Å². The first-order valence-electron chi connectivity index (χ1n) is 8.83. The summed E-state index contributed by atoms with van der Waals surface area (Å²) in [7, 11) is 0. The lowest BCUT2D eigenvalue weighted by molar-refractivity contribution is -0.124. The standard InChI is InChI=1S/C20H21BrN2O3/c1-20(2,3)26-19(25)23-11-9-14(16(24)10-11)18(23)17-13-5-4-6-15(21)12(13)7-8-22-17/h4-8,11,14,18H,9-10H2,1-3H3/t11-,14+,18+/m1/s1. The van der Waals surface area contributed by atoms with Crippen molar-refractivity contribution in [1.29, 1.82) is 0 Å². The molecule has 136 valence electrons. The summed E-state index contributed by atoms with van der Waals surface area (Å²) < 4.78 is 6.61. The van der Waals surface area contributed by atoms with Gasteiger partial charge in [-0.15, -0.1) is 0 Å². The van der Waals surface area contributed by atoms with Crippen LogP contribution in [0.5, 0.6) is 0 Å². The number of aromatic nitrogens is 1. The van der Waals surface area contributed by atoms with E-state index in [9.17, 15) is 9.59 Å². The van der Waals surface area contributed by atoms with Crippen LogP contribution in [0.15, 0.2) is 34.9 Å². The van der Waals surface area contributed by atoms with E-state index < -0.39 is 5.60 Å². The van der Waals surface area contributed by atoms with Crippen molar-refractivity contribution in [3.8, 4) is 0 Å². The molecular formula is C20H21BrN2O3. The highest BCUT2D eigenvalue weighted by Crippen LogP contribution is 2.49. The number of Topliss-reactive ketones (excluding diaryl/α,β-unsaturated/α-hetero) is 1. The van der Waals surface area contributed by atoms with Gasteiger partial charge in [-0.2, -0.15) is 0 Å². The van der Waals surface area contributed by atoms with E-state index in [0.29, 0.717) is 12.8 Å². The van der Waals surface area contributed by atoms with Crippen molar-refractivity contribution in [1.82, 2.24) is 9.88 Å². The van der Waals surface area contributed by atoms with E-state index in [1.165, 1.54) is 0 Å². The van der Waals surface area contributed by atoms with Crippen molar-refractivity contribution in [2.45, 2.75) is 51.3 Å². The quantitative estimate of drug-likeness (QED) is 0.679. The summed E-state index contributed by atoms with van der Waals surface area (Å²) in [5.41, 5.74) is 0.193. The van der Waals surface area contributed by atoms with Crippen molar-refractivity contribution in [2.24, 2.45) is 5.92 Å². The lowest BCUT2D eigenvalue weighted by Gasteiger charge is -2.36. The van der Waals surface area contributed by atoms with Gasteiger partial charge in [-0.25, -0.2) is 4.79 Å². The van der Waals surface area contributed by atoms with Gasteiger partial charge in [0.2, 0.25) is 0 Å². The Kier molecular flexibility index (Phi) is 4.06. The van der Waals surface area contributed by atoms with Crippen molar-refractivity contribution in [3.63, 3.8) is 0 Å². The number of ether oxygens (including phenoxy) is 1. The molecule has 3 atom stereocenters. The molecule has 1 aliphatic heterocycles. The van der Waals surface area contributed by atoms with Crippen molar-refractivity contribution >= 4 is 38.6 Å². The lowest BCUT2D eigenvalue weighted by atomic mass is 9.92. The summed E-state index contributed by atoms with van der Waals surface area (Å²) in [5, 5.41) is 1.98. The second-order valence-electron chi connectivity index (χ2n) is 8.03. The summed E-state index contributed by atoms with van der Waals surface area (Å²) in [5.74, 6) is 0.0122.